The summed E-state index contributed by atoms with van der Waals surface area (Å²) in [5.41, 5.74) is 1.50. The van der Waals surface area contributed by atoms with Gasteiger partial charge >= 0.3 is 12.0 Å². The molecule has 0 bridgehead atoms. The summed E-state index contributed by atoms with van der Waals surface area (Å²) in [6.07, 6.45) is 0. The molecular weight excluding hydrogens is 287 g/mol. The van der Waals surface area contributed by atoms with Crippen LogP contribution in [0.1, 0.15) is 32.4 Å². The molecule has 1 aliphatic rings. The highest BCUT2D eigenvalue weighted by atomic mass is 19.1. The van der Waals surface area contributed by atoms with Gasteiger partial charge < -0.3 is 15.4 Å². The van der Waals surface area contributed by atoms with Gasteiger partial charge in [0.25, 0.3) is 0 Å². The molecule has 0 fully saturated rings. The van der Waals surface area contributed by atoms with E-state index >= 15 is 0 Å². The Morgan fingerprint density at radius 3 is 2.50 bits per heavy atom. The Labute approximate surface area is 128 Å². The molecule has 1 aromatic carbocycles. The first-order valence-electron chi connectivity index (χ1n) is 7.18. The molecule has 2 rings (SSSR count). The van der Waals surface area contributed by atoms with E-state index in [4.69, 9.17) is 4.74 Å². The number of urea groups is 1. The zero-order valence-corrected chi connectivity index (χ0v) is 12.8. The van der Waals surface area contributed by atoms with Gasteiger partial charge in [0.2, 0.25) is 0 Å². The molecule has 1 aromatic rings. The van der Waals surface area contributed by atoms with E-state index in [1.165, 1.54) is 12.1 Å². The number of allylic oxidation sites excluding steroid dienone is 1. The first-order chi connectivity index (χ1) is 10.4. The first-order valence-corrected chi connectivity index (χ1v) is 7.18. The lowest BCUT2D eigenvalue weighted by Gasteiger charge is -2.30. The van der Waals surface area contributed by atoms with Crippen LogP contribution in [0.4, 0.5) is 9.18 Å². The van der Waals surface area contributed by atoms with Gasteiger partial charge in [0.05, 0.1) is 18.2 Å². The maximum absolute atomic E-state index is 13.1. The lowest BCUT2D eigenvalue weighted by atomic mass is 9.91. The van der Waals surface area contributed by atoms with Gasteiger partial charge in [0.1, 0.15) is 5.82 Å². The number of nitrogens with one attached hydrogen (secondary N) is 2. The molecule has 0 radical (unpaired) electrons. The average molecular weight is 306 g/mol. The highest BCUT2D eigenvalue weighted by Crippen LogP contribution is 2.30. The highest BCUT2D eigenvalue weighted by Gasteiger charge is 2.34. The third kappa shape index (κ3) is 3.27. The summed E-state index contributed by atoms with van der Waals surface area (Å²) in [6.45, 7) is 5.71. The maximum Gasteiger partial charge on any atom is 0.338 e. The summed E-state index contributed by atoms with van der Waals surface area (Å²) in [7, 11) is 0. The fourth-order valence-electron chi connectivity index (χ4n) is 2.38. The normalized spacial score (nSPS) is 18.0. The Morgan fingerprint density at radius 2 is 1.95 bits per heavy atom. The van der Waals surface area contributed by atoms with Crippen LogP contribution in [0.15, 0.2) is 35.5 Å². The molecule has 0 spiro atoms. The van der Waals surface area contributed by atoms with Gasteiger partial charge in [-0.3, -0.25) is 0 Å². The van der Waals surface area contributed by atoms with Crippen LogP contribution >= 0.6 is 0 Å². The summed E-state index contributed by atoms with van der Waals surface area (Å²) in [5.74, 6) is -0.934. The second-order valence-corrected chi connectivity index (χ2v) is 5.29. The van der Waals surface area contributed by atoms with Crippen molar-refractivity contribution >= 4 is 12.0 Å². The highest BCUT2D eigenvalue weighted by molar-refractivity contribution is 5.95. The Balaban J connectivity index is 2.52. The van der Waals surface area contributed by atoms with Gasteiger partial charge in [0, 0.05) is 5.70 Å². The SMILES string of the molecule is CCOC(=O)C1=C(C(C)C)NC(=O)N[C@H]1c1ccc(F)cc1. The van der Waals surface area contributed by atoms with E-state index in [2.05, 4.69) is 10.6 Å². The molecule has 22 heavy (non-hydrogen) atoms. The van der Waals surface area contributed by atoms with Crippen molar-refractivity contribution in [2.45, 2.75) is 26.8 Å². The maximum atomic E-state index is 13.1. The van der Waals surface area contributed by atoms with Crippen molar-refractivity contribution in [2.24, 2.45) is 5.92 Å². The van der Waals surface area contributed by atoms with E-state index in [0.717, 1.165) is 0 Å². The number of carbonyl (C=O) groups is 2. The number of carbonyl (C=O) groups excluding carboxylic acids is 2. The Bertz CT molecular complexity index is 608. The summed E-state index contributed by atoms with van der Waals surface area (Å²) in [6, 6.07) is 4.62. The minimum absolute atomic E-state index is 0.0617. The molecular formula is C16H19FN2O3. The molecule has 6 heteroatoms. The molecule has 5 nitrogen and oxygen atoms in total. The van der Waals surface area contributed by atoms with Gasteiger partial charge in [0.15, 0.2) is 0 Å². The van der Waals surface area contributed by atoms with Crippen molar-refractivity contribution in [3.8, 4) is 0 Å². The number of ether oxygens (including phenoxy) is 1. The number of halogens is 1. The average Bonchev–Trinajstić information content (AvgIpc) is 2.47. The Kier molecular flexibility index (Phi) is 4.80. The van der Waals surface area contributed by atoms with Crippen LogP contribution in [0, 0.1) is 11.7 Å². The number of rotatable bonds is 4. The second-order valence-electron chi connectivity index (χ2n) is 5.29. The standard InChI is InChI=1S/C16H19FN2O3/c1-4-22-15(20)12-13(9(2)3)18-16(21)19-14(12)10-5-7-11(17)8-6-10/h5-9,14H,4H2,1-3H3,(H2,18,19,21)/t14-/m0/s1. The van der Waals surface area contributed by atoms with Crippen molar-refractivity contribution in [2.75, 3.05) is 6.61 Å². The largest absolute Gasteiger partial charge is 0.463 e. The van der Waals surface area contributed by atoms with Crippen LogP contribution in [0.5, 0.6) is 0 Å². The molecule has 2 amide bonds. The summed E-state index contributed by atoms with van der Waals surface area (Å²) in [5, 5.41) is 5.37. The predicted octanol–water partition coefficient (Wildman–Crippen LogP) is 2.65. The first kappa shape index (κ1) is 16.0. The van der Waals surface area contributed by atoms with E-state index < -0.39 is 18.0 Å². The number of esters is 1. The van der Waals surface area contributed by atoms with Crippen LogP contribution in [0.3, 0.4) is 0 Å². The second kappa shape index (κ2) is 6.60. The Hall–Kier alpha value is -2.37. The topological polar surface area (TPSA) is 67.4 Å². The minimum Gasteiger partial charge on any atom is -0.463 e. The monoisotopic (exact) mass is 306 g/mol. The number of hydrogen-bond donors (Lipinski definition) is 2. The molecule has 1 aliphatic heterocycles. The zero-order valence-electron chi connectivity index (χ0n) is 12.8. The van der Waals surface area contributed by atoms with Crippen molar-refractivity contribution < 1.29 is 18.7 Å². The van der Waals surface area contributed by atoms with Crippen LogP contribution in [-0.4, -0.2) is 18.6 Å². The van der Waals surface area contributed by atoms with E-state index in [1.807, 2.05) is 13.8 Å². The fraction of sp³-hybridized carbons (Fsp3) is 0.375. The lowest BCUT2D eigenvalue weighted by molar-refractivity contribution is -0.139. The van der Waals surface area contributed by atoms with Gasteiger partial charge in [-0.1, -0.05) is 26.0 Å². The van der Waals surface area contributed by atoms with Crippen molar-refractivity contribution in [1.82, 2.24) is 10.6 Å². The van der Waals surface area contributed by atoms with E-state index in [1.54, 1.807) is 19.1 Å². The van der Waals surface area contributed by atoms with Gasteiger partial charge in [-0.2, -0.15) is 0 Å². The van der Waals surface area contributed by atoms with Crippen LogP contribution < -0.4 is 10.6 Å². The zero-order chi connectivity index (χ0) is 16.3. The summed E-state index contributed by atoms with van der Waals surface area (Å²) < 4.78 is 18.2. The minimum atomic E-state index is -0.661. The number of benzene rings is 1. The predicted molar refractivity (Wildman–Crippen MR) is 79.3 cm³/mol. The van der Waals surface area contributed by atoms with E-state index in [0.29, 0.717) is 16.8 Å². The quantitative estimate of drug-likeness (QED) is 0.840. The molecule has 1 heterocycles. The van der Waals surface area contributed by atoms with Gasteiger partial charge in [-0.05, 0) is 30.5 Å². The molecule has 0 saturated carbocycles. The molecule has 0 aliphatic carbocycles. The van der Waals surface area contributed by atoms with Crippen molar-refractivity contribution in [3.63, 3.8) is 0 Å². The molecule has 1 atom stereocenters. The van der Waals surface area contributed by atoms with Crippen LogP contribution in [-0.2, 0) is 9.53 Å². The van der Waals surface area contributed by atoms with Crippen molar-refractivity contribution in [3.05, 3.63) is 46.9 Å². The smallest absolute Gasteiger partial charge is 0.338 e. The number of hydrogen-bond acceptors (Lipinski definition) is 3. The fourth-order valence-corrected chi connectivity index (χ4v) is 2.38. The van der Waals surface area contributed by atoms with Gasteiger partial charge in [-0.25, -0.2) is 14.0 Å². The molecule has 0 unspecified atom stereocenters. The van der Waals surface area contributed by atoms with Crippen molar-refractivity contribution in [1.29, 1.82) is 0 Å². The van der Waals surface area contributed by atoms with Crippen LogP contribution in [0.2, 0.25) is 0 Å². The van der Waals surface area contributed by atoms with Crippen LogP contribution in [0.25, 0.3) is 0 Å². The summed E-state index contributed by atoms with van der Waals surface area (Å²) in [4.78, 5) is 24.2. The van der Waals surface area contributed by atoms with Gasteiger partial charge in [-0.15, -0.1) is 0 Å². The Morgan fingerprint density at radius 1 is 1.32 bits per heavy atom. The van der Waals surface area contributed by atoms with E-state index in [9.17, 15) is 14.0 Å². The molecule has 118 valence electrons. The number of amides is 2. The third-order valence-electron chi connectivity index (χ3n) is 3.38. The summed E-state index contributed by atoms with van der Waals surface area (Å²) >= 11 is 0. The molecule has 2 N–H and O–H groups in total. The molecule has 0 aromatic heterocycles. The lowest BCUT2D eigenvalue weighted by Crippen LogP contribution is -2.47. The molecule has 0 saturated heterocycles. The third-order valence-corrected chi connectivity index (χ3v) is 3.38. The van der Waals surface area contributed by atoms with E-state index in [-0.39, 0.29) is 18.3 Å².